The molecule has 0 radical (unpaired) electrons. The van der Waals surface area contributed by atoms with Crippen LogP contribution in [0.15, 0.2) is 48.8 Å². The van der Waals surface area contributed by atoms with Crippen molar-refractivity contribution >= 4 is 61.5 Å². The molecule has 31 heavy (non-hydrogen) atoms. The summed E-state index contributed by atoms with van der Waals surface area (Å²) in [6, 6.07) is 12.2. The van der Waals surface area contributed by atoms with Gasteiger partial charge in [-0.25, -0.2) is 15.0 Å². The van der Waals surface area contributed by atoms with Crippen molar-refractivity contribution in [1.82, 2.24) is 20.4 Å². The molecular formula is C19H14ClN7O3S. The van der Waals surface area contributed by atoms with Gasteiger partial charge in [-0.15, -0.1) is 0 Å². The summed E-state index contributed by atoms with van der Waals surface area (Å²) in [6.45, 7) is 1.97. The summed E-state index contributed by atoms with van der Waals surface area (Å²) in [5, 5.41) is 15.3. The molecular weight excluding hydrogens is 442 g/mol. The predicted molar refractivity (Wildman–Crippen MR) is 119 cm³/mol. The molecule has 10 nitrogen and oxygen atoms in total. The van der Waals surface area contributed by atoms with Gasteiger partial charge in [0.25, 0.3) is 5.91 Å². The third-order valence-electron chi connectivity index (χ3n) is 4.19. The van der Waals surface area contributed by atoms with Crippen molar-refractivity contribution in [3.63, 3.8) is 0 Å². The molecule has 0 bridgehead atoms. The number of anilines is 3. The van der Waals surface area contributed by atoms with E-state index in [9.17, 15) is 14.9 Å². The summed E-state index contributed by atoms with van der Waals surface area (Å²) >= 11 is 7.34. The number of rotatable bonds is 6. The van der Waals surface area contributed by atoms with E-state index in [0.29, 0.717) is 5.13 Å². The highest BCUT2D eigenvalue weighted by molar-refractivity contribution is 7.22. The zero-order chi connectivity index (χ0) is 22.0. The SMILES string of the molecule is Cc1ccc2nc(Nc3ncnc(NNC(=O)c4ccccc4Cl)c3[N+](=O)[O-])sc2c1. The Kier molecular flexibility index (Phi) is 5.60. The number of nitrogens with zero attached hydrogens (tertiary/aromatic N) is 4. The number of fused-ring (bicyclic) bond motifs is 1. The van der Waals surface area contributed by atoms with E-state index in [0.717, 1.165) is 22.1 Å². The average molecular weight is 456 g/mol. The van der Waals surface area contributed by atoms with E-state index in [-0.39, 0.29) is 22.2 Å². The van der Waals surface area contributed by atoms with Crippen LogP contribution >= 0.6 is 22.9 Å². The molecule has 0 aliphatic rings. The summed E-state index contributed by atoms with van der Waals surface area (Å²) in [7, 11) is 0. The smallest absolute Gasteiger partial charge is 0.310 e. The van der Waals surface area contributed by atoms with Gasteiger partial charge in [-0.3, -0.25) is 25.8 Å². The Morgan fingerprint density at radius 2 is 1.94 bits per heavy atom. The van der Waals surface area contributed by atoms with Gasteiger partial charge in [0.2, 0.25) is 11.6 Å². The van der Waals surface area contributed by atoms with Crippen molar-refractivity contribution in [3.8, 4) is 0 Å². The van der Waals surface area contributed by atoms with Gasteiger partial charge >= 0.3 is 5.69 Å². The number of hydrogen-bond donors (Lipinski definition) is 3. The van der Waals surface area contributed by atoms with Crippen LogP contribution in [0, 0.1) is 17.0 Å². The molecule has 2 heterocycles. The second kappa shape index (κ2) is 8.50. The van der Waals surface area contributed by atoms with Crippen LogP contribution in [0.3, 0.4) is 0 Å². The number of carbonyl (C=O) groups is 1. The number of carbonyl (C=O) groups excluding carboxylic acids is 1. The van der Waals surface area contributed by atoms with E-state index in [1.165, 1.54) is 17.4 Å². The number of nitro groups is 1. The molecule has 12 heteroatoms. The highest BCUT2D eigenvalue weighted by Gasteiger charge is 2.24. The fourth-order valence-electron chi connectivity index (χ4n) is 2.75. The highest BCUT2D eigenvalue weighted by Crippen LogP contribution is 2.34. The van der Waals surface area contributed by atoms with Crippen LogP contribution in [0.4, 0.5) is 22.5 Å². The van der Waals surface area contributed by atoms with Gasteiger partial charge in [0.1, 0.15) is 6.33 Å². The first kappa shape index (κ1) is 20.4. The zero-order valence-corrected chi connectivity index (χ0v) is 17.5. The second-order valence-corrected chi connectivity index (χ2v) is 7.79. The van der Waals surface area contributed by atoms with Gasteiger partial charge in [0.15, 0.2) is 5.13 Å². The lowest BCUT2D eigenvalue weighted by atomic mass is 10.2. The minimum atomic E-state index is -0.649. The van der Waals surface area contributed by atoms with E-state index in [2.05, 4.69) is 31.1 Å². The lowest BCUT2D eigenvalue weighted by Gasteiger charge is -2.10. The number of benzene rings is 2. The number of aryl methyl sites for hydroxylation is 1. The van der Waals surface area contributed by atoms with Crippen LogP contribution < -0.4 is 16.2 Å². The number of hydrazine groups is 1. The molecule has 0 saturated carbocycles. The van der Waals surface area contributed by atoms with Crippen LogP contribution in [0.2, 0.25) is 5.02 Å². The lowest BCUT2D eigenvalue weighted by molar-refractivity contribution is -0.383. The zero-order valence-electron chi connectivity index (χ0n) is 15.9. The van der Waals surface area contributed by atoms with Crippen LogP contribution in [0.5, 0.6) is 0 Å². The lowest BCUT2D eigenvalue weighted by Crippen LogP contribution is -2.30. The topological polar surface area (TPSA) is 135 Å². The maximum atomic E-state index is 12.3. The fourth-order valence-corrected chi connectivity index (χ4v) is 3.93. The Morgan fingerprint density at radius 1 is 1.16 bits per heavy atom. The summed E-state index contributed by atoms with van der Waals surface area (Å²) in [5.74, 6) is -0.834. The van der Waals surface area contributed by atoms with E-state index in [4.69, 9.17) is 11.6 Å². The summed E-state index contributed by atoms with van der Waals surface area (Å²) < 4.78 is 0.935. The van der Waals surface area contributed by atoms with Gasteiger partial charge in [-0.05, 0) is 36.8 Å². The molecule has 1 amide bonds. The molecule has 0 aliphatic carbocycles. The van der Waals surface area contributed by atoms with Gasteiger partial charge in [-0.2, -0.15) is 0 Å². The standard InChI is InChI=1S/C19H14ClN7O3S/c1-10-6-7-13-14(8-10)31-19(23-13)24-16-15(27(29)30)17(22-9-21-16)25-26-18(28)11-4-2-3-5-12(11)20/h2-9H,1H3,(H,26,28)(H2,21,22,23,24,25). The summed E-state index contributed by atoms with van der Waals surface area (Å²) in [5.41, 5.74) is 6.44. The van der Waals surface area contributed by atoms with Crippen molar-refractivity contribution in [2.45, 2.75) is 6.92 Å². The maximum absolute atomic E-state index is 12.3. The molecule has 2 aromatic carbocycles. The number of hydrogen-bond acceptors (Lipinski definition) is 9. The van der Waals surface area contributed by atoms with Crippen molar-refractivity contribution < 1.29 is 9.72 Å². The molecule has 2 aromatic heterocycles. The number of aromatic nitrogens is 3. The van der Waals surface area contributed by atoms with Gasteiger partial charge in [-0.1, -0.05) is 41.1 Å². The molecule has 0 fully saturated rings. The molecule has 156 valence electrons. The Morgan fingerprint density at radius 3 is 2.71 bits per heavy atom. The monoisotopic (exact) mass is 455 g/mol. The summed E-state index contributed by atoms with van der Waals surface area (Å²) in [4.78, 5) is 35.7. The molecule has 4 rings (SSSR count). The van der Waals surface area contributed by atoms with E-state index >= 15 is 0 Å². The van der Waals surface area contributed by atoms with Crippen LogP contribution in [-0.2, 0) is 0 Å². The first-order valence-electron chi connectivity index (χ1n) is 8.87. The number of amides is 1. The number of nitrogens with one attached hydrogen (secondary N) is 3. The van der Waals surface area contributed by atoms with Crippen LogP contribution in [-0.4, -0.2) is 25.8 Å². The Hall–Kier alpha value is -3.83. The largest absolute Gasteiger partial charge is 0.355 e. The highest BCUT2D eigenvalue weighted by atomic mass is 35.5. The molecule has 4 aromatic rings. The first-order valence-corrected chi connectivity index (χ1v) is 10.1. The molecule has 0 spiro atoms. The third kappa shape index (κ3) is 4.37. The van der Waals surface area contributed by atoms with E-state index in [1.54, 1.807) is 18.2 Å². The quantitative estimate of drug-likeness (QED) is 0.286. The minimum Gasteiger partial charge on any atom is -0.310 e. The van der Waals surface area contributed by atoms with Crippen molar-refractivity contribution in [1.29, 1.82) is 0 Å². The predicted octanol–water partition coefficient (Wildman–Crippen LogP) is 4.46. The number of halogens is 1. The molecule has 0 unspecified atom stereocenters. The fraction of sp³-hybridized carbons (Fsp3) is 0.0526. The normalized spacial score (nSPS) is 10.6. The molecule has 3 N–H and O–H groups in total. The Balaban J connectivity index is 1.59. The number of thiazole rings is 1. The molecule has 0 atom stereocenters. The summed E-state index contributed by atoms with van der Waals surface area (Å²) in [6.07, 6.45) is 1.14. The van der Waals surface area contributed by atoms with Gasteiger partial charge in [0, 0.05) is 0 Å². The van der Waals surface area contributed by atoms with E-state index < -0.39 is 16.5 Å². The van der Waals surface area contributed by atoms with Crippen molar-refractivity contribution in [2.24, 2.45) is 0 Å². The molecule has 0 aliphatic heterocycles. The first-order chi connectivity index (χ1) is 14.9. The van der Waals surface area contributed by atoms with E-state index in [1.807, 2.05) is 25.1 Å². The Labute approximate surface area is 184 Å². The van der Waals surface area contributed by atoms with Gasteiger partial charge in [0.05, 0.1) is 25.7 Å². The van der Waals surface area contributed by atoms with Crippen molar-refractivity contribution in [2.75, 3.05) is 10.7 Å². The third-order valence-corrected chi connectivity index (χ3v) is 5.45. The van der Waals surface area contributed by atoms with Crippen LogP contribution in [0.25, 0.3) is 10.2 Å². The maximum Gasteiger partial charge on any atom is 0.355 e. The van der Waals surface area contributed by atoms with Crippen LogP contribution in [0.1, 0.15) is 15.9 Å². The average Bonchev–Trinajstić information content (AvgIpc) is 3.13. The van der Waals surface area contributed by atoms with Gasteiger partial charge < -0.3 is 5.32 Å². The van der Waals surface area contributed by atoms with Crippen molar-refractivity contribution in [3.05, 3.63) is 75.1 Å². The Bertz CT molecular complexity index is 1310. The minimum absolute atomic E-state index is 0.0646. The molecule has 0 saturated heterocycles. The second-order valence-electron chi connectivity index (χ2n) is 6.35.